The molecule has 0 unspecified atom stereocenters. The molecule has 2 N–H and O–H groups in total. The number of anilines is 1. The Kier molecular flexibility index (Phi) is 5.33. The molecule has 2 rings (SSSR count). The van der Waals surface area contributed by atoms with Crippen LogP contribution in [0, 0.1) is 6.92 Å². The molecule has 0 spiro atoms. The van der Waals surface area contributed by atoms with Crippen LogP contribution in [0.15, 0.2) is 30.3 Å². The number of hydrogen-bond acceptors (Lipinski definition) is 3. The molecule has 1 amide bonds. The molecule has 0 fully saturated rings. The van der Waals surface area contributed by atoms with Crippen LogP contribution in [0.5, 0.6) is 0 Å². The van der Waals surface area contributed by atoms with Gasteiger partial charge in [-0.1, -0.05) is 36.8 Å². The molecule has 0 bridgehead atoms. The molecule has 0 saturated carbocycles. The Morgan fingerprint density at radius 3 is 2.50 bits per heavy atom. The van der Waals surface area contributed by atoms with Gasteiger partial charge in [0, 0.05) is 11.3 Å². The van der Waals surface area contributed by atoms with Gasteiger partial charge in [0.25, 0.3) is 0 Å². The number of hydrogen-bond donors (Lipinski definition) is 2. The molecule has 0 aliphatic carbocycles. The van der Waals surface area contributed by atoms with E-state index in [1.165, 1.54) is 16.9 Å². The number of carboxylic acid groups (broad SMARTS) is 1. The van der Waals surface area contributed by atoms with E-state index in [0.29, 0.717) is 17.8 Å². The number of aromatic carboxylic acids is 1. The number of rotatable bonds is 6. The van der Waals surface area contributed by atoms with Gasteiger partial charge in [-0.3, -0.25) is 4.79 Å². The number of carbonyl (C=O) groups is 2. The lowest BCUT2D eigenvalue weighted by molar-refractivity contribution is -0.116. The Bertz CT molecular complexity index is 674. The highest BCUT2D eigenvalue weighted by Crippen LogP contribution is 2.28. The fourth-order valence-corrected chi connectivity index (χ4v) is 3.07. The molecular formula is C17H19NO3S. The summed E-state index contributed by atoms with van der Waals surface area (Å²) in [5, 5.41) is 12.3. The van der Waals surface area contributed by atoms with Crippen molar-refractivity contribution in [2.75, 3.05) is 5.32 Å². The van der Waals surface area contributed by atoms with Gasteiger partial charge in [0.2, 0.25) is 5.91 Å². The van der Waals surface area contributed by atoms with Crippen molar-refractivity contribution in [2.24, 2.45) is 0 Å². The van der Waals surface area contributed by atoms with Crippen molar-refractivity contribution in [3.8, 4) is 0 Å². The molecule has 0 radical (unpaired) electrons. The second-order valence-electron chi connectivity index (χ2n) is 5.15. The molecular weight excluding hydrogens is 298 g/mol. The quantitative estimate of drug-likeness (QED) is 0.849. The number of carboxylic acids is 1. The molecule has 0 aliphatic rings. The van der Waals surface area contributed by atoms with Crippen LogP contribution in [-0.4, -0.2) is 17.0 Å². The lowest BCUT2D eigenvalue weighted by Crippen LogP contribution is -2.13. The lowest BCUT2D eigenvalue weighted by atomic mass is 10.1. The molecule has 0 atom stereocenters. The summed E-state index contributed by atoms with van der Waals surface area (Å²) in [7, 11) is 0. The van der Waals surface area contributed by atoms with Crippen molar-refractivity contribution < 1.29 is 14.7 Å². The van der Waals surface area contributed by atoms with Crippen molar-refractivity contribution in [3.63, 3.8) is 0 Å². The molecule has 22 heavy (non-hydrogen) atoms. The smallest absolute Gasteiger partial charge is 0.338 e. The third-order valence-corrected chi connectivity index (χ3v) is 4.57. The summed E-state index contributed by atoms with van der Waals surface area (Å²) in [4.78, 5) is 24.2. The van der Waals surface area contributed by atoms with Crippen molar-refractivity contribution >= 4 is 28.2 Å². The van der Waals surface area contributed by atoms with Crippen LogP contribution in [0.1, 0.15) is 39.7 Å². The Morgan fingerprint density at radius 2 is 1.91 bits per heavy atom. The molecule has 0 saturated heterocycles. The van der Waals surface area contributed by atoms with Gasteiger partial charge >= 0.3 is 5.97 Å². The first-order valence-electron chi connectivity index (χ1n) is 7.21. The summed E-state index contributed by atoms with van der Waals surface area (Å²) in [6, 6.07) is 9.67. The number of thiophene rings is 1. The normalized spacial score (nSPS) is 10.5. The van der Waals surface area contributed by atoms with Crippen LogP contribution in [-0.2, 0) is 17.6 Å². The van der Waals surface area contributed by atoms with Crippen molar-refractivity contribution in [1.82, 2.24) is 0 Å². The summed E-state index contributed by atoms with van der Waals surface area (Å²) >= 11 is 1.33. The predicted molar refractivity (Wildman–Crippen MR) is 88.8 cm³/mol. The van der Waals surface area contributed by atoms with Crippen LogP contribution in [0.4, 0.5) is 5.00 Å². The first kappa shape index (κ1) is 16.2. The summed E-state index contributed by atoms with van der Waals surface area (Å²) in [6.45, 7) is 3.98. The van der Waals surface area contributed by atoms with E-state index in [9.17, 15) is 14.7 Å². The van der Waals surface area contributed by atoms with Crippen LogP contribution in [0.3, 0.4) is 0 Å². The second-order valence-corrected chi connectivity index (χ2v) is 6.28. The van der Waals surface area contributed by atoms with Crippen LogP contribution < -0.4 is 5.32 Å². The average Bonchev–Trinajstić information content (AvgIpc) is 2.90. The van der Waals surface area contributed by atoms with Gasteiger partial charge in [0.05, 0.1) is 5.56 Å². The van der Waals surface area contributed by atoms with Crippen LogP contribution in [0.2, 0.25) is 0 Å². The number of aryl methyl sites for hydroxylation is 3. The minimum absolute atomic E-state index is 0.160. The van der Waals surface area contributed by atoms with Gasteiger partial charge in [-0.05, 0) is 31.4 Å². The van der Waals surface area contributed by atoms with Crippen LogP contribution >= 0.6 is 11.3 Å². The summed E-state index contributed by atoms with van der Waals surface area (Å²) in [6.07, 6.45) is 1.73. The van der Waals surface area contributed by atoms with Crippen molar-refractivity contribution in [1.29, 1.82) is 0 Å². The minimum Gasteiger partial charge on any atom is -0.478 e. The Morgan fingerprint density at radius 1 is 1.23 bits per heavy atom. The molecule has 2 aromatic rings. The molecule has 1 aromatic carbocycles. The van der Waals surface area contributed by atoms with Gasteiger partial charge in [0.1, 0.15) is 5.00 Å². The highest BCUT2D eigenvalue weighted by Gasteiger charge is 2.16. The van der Waals surface area contributed by atoms with E-state index in [1.807, 2.05) is 38.1 Å². The Labute approximate surface area is 133 Å². The lowest BCUT2D eigenvalue weighted by Gasteiger charge is -2.05. The molecule has 4 nitrogen and oxygen atoms in total. The van der Waals surface area contributed by atoms with E-state index < -0.39 is 5.97 Å². The number of amides is 1. The third kappa shape index (κ3) is 4.18. The third-order valence-electron chi connectivity index (χ3n) is 3.38. The first-order chi connectivity index (χ1) is 10.5. The van der Waals surface area contributed by atoms with E-state index in [1.54, 1.807) is 6.07 Å². The fraction of sp³-hybridized carbons (Fsp3) is 0.294. The summed E-state index contributed by atoms with van der Waals surface area (Å²) in [5.41, 5.74) is 2.45. The average molecular weight is 317 g/mol. The van der Waals surface area contributed by atoms with Crippen molar-refractivity contribution in [3.05, 3.63) is 51.9 Å². The monoisotopic (exact) mass is 317 g/mol. The van der Waals surface area contributed by atoms with E-state index in [-0.39, 0.29) is 11.5 Å². The maximum Gasteiger partial charge on any atom is 0.338 e. The molecule has 116 valence electrons. The SMILES string of the molecule is CCc1cc(C(=O)O)c(NC(=O)CCc2ccc(C)cc2)s1. The largest absolute Gasteiger partial charge is 0.478 e. The Balaban J connectivity index is 1.98. The maximum absolute atomic E-state index is 12.0. The standard InChI is InChI=1S/C17H19NO3S/c1-3-13-10-14(17(20)21)16(22-13)18-15(19)9-8-12-6-4-11(2)5-7-12/h4-7,10H,3,8-9H2,1-2H3,(H,18,19)(H,20,21). The van der Waals surface area contributed by atoms with Gasteiger partial charge in [-0.2, -0.15) is 0 Å². The summed E-state index contributed by atoms with van der Waals surface area (Å²) in [5.74, 6) is -1.17. The van der Waals surface area contributed by atoms with Crippen molar-refractivity contribution in [2.45, 2.75) is 33.1 Å². The zero-order chi connectivity index (χ0) is 16.1. The van der Waals surface area contributed by atoms with Crippen LogP contribution in [0.25, 0.3) is 0 Å². The molecule has 1 heterocycles. The number of nitrogens with one attached hydrogen (secondary N) is 1. The molecule has 0 aliphatic heterocycles. The molecule has 1 aromatic heterocycles. The van der Waals surface area contributed by atoms with E-state index in [4.69, 9.17) is 0 Å². The summed E-state index contributed by atoms with van der Waals surface area (Å²) < 4.78 is 0. The topological polar surface area (TPSA) is 66.4 Å². The first-order valence-corrected chi connectivity index (χ1v) is 8.02. The van der Waals surface area contributed by atoms with E-state index >= 15 is 0 Å². The predicted octanol–water partition coefficient (Wildman–Crippen LogP) is 3.89. The highest BCUT2D eigenvalue weighted by molar-refractivity contribution is 7.16. The fourth-order valence-electron chi connectivity index (χ4n) is 2.07. The van der Waals surface area contributed by atoms with E-state index in [0.717, 1.165) is 16.9 Å². The molecule has 5 heteroatoms. The zero-order valence-electron chi connectivity index (χ0n) is 12.7. The van der Waals surface area contributed by atoms with E-state index in [2.05, 4.69) is 5.32 Å². The van der Waals surface area contributed by atoms with Gasteiger partial charge in [-0.15, -0.1) is 11.3 Å². The number of benzene rings is 1. The Hall–Kier alpha value is -2.14. The second kappa shape index (κ2) is 7.22. The minimum atomic E-state index is -1.01. The maximum atomic E-state index is 12.0. The van der Waals surface area contributed by atoms with Gasteiger partial charge < -0.3 is 10.4 Å². The van der Waals surface area contributed by atoms with Gasteiger partial charge in [0.15, 0.2) is 0 Å². The van der Waals surface area contributed by atoms with Gasteiger partial charge in [-0.25, -0.2) is 4.79 Å². The highest BCUT2D eigenvalue weighted by atomic mass is 32.1. The number of carbonyl (C=O) groups excluding carboxylic acids is 1. The zero-order valence-corrected chi connectivity index (χ0v) is 13.5.